The Labute approximate surface area is 162 Å². The van der Waals surface area contributed by atoms with E-state index in [0.717, 1.165) is 22.0 Å². The molecule has 142 valence electrons. The highest BCUT2D eigenvalue weighted by molar-refractivity contribution is 5.95. The molecule has 0 atom stereocenters. The van der Waals surface area contributed by atoms with E-state index in [1.54, 1.807) is 23.0 Å². The van der Waals surface area contributed by atoms with Crippen LogP contribution in [0.25, 0.3) is 10.9 Å². The lowest BCUT2D eigenvalue weighted by Crippen LogP contribution is -2.27. The lowest BCUT2D eigenvalue weighted by molar-refractivity contribution is 0.0953. The summed E-state index contributed by atoms with van der Waals surface area (Å²) in [4.78, 5) is 12.7. The number of halogens is 1. The van der Waals surface area contributed by atoms with Crippen LogP contribution in [0, 0.1) is 5.82 Å². The molecule has 0 fully saturated rings. The molecule has 0 saturated carbocycles. The van der Waals surface area contributed by atoms with Gasteiger partial charge in [0.2, 0.25) is 0 Å². The van der Waals surface area contributed by atoms with Gasteiger partial charge in [0.25, 0.3) is 5.91 Å². The quantitative estimate of drug-likeness (QED) is 0.560. The van der Waals surface area contributed by atoms with Crippen molar-refractivity contribution in [1.29, 1.82) is 0 Å². The Hall–Kier alpha value is -3.41. The van der Waals surface area contributed by atoms with Crippen LogP contribution in [-0.2, 0) is 20.0 Å². The topological polar surface area (TPSA) is 51.9 Å². The van der Waals surface area contributed by atoms with Crippen LogP contribution in [0.2, 0.25) is 0 Å². The number of hydrogen-bond acceptors (Lipinski definition) is 2. The summed E-state index contributed by atoms with van der Waals surface area (Å²) in [6, 6.07) is 14.2. The zero-order valence-corrected chi connectivity index (χ0v) is 15.6. The number of hydrogen-bond donors (Lipinski definition) is 1. The van der Waals surface area contributed by atoms with Crippen LogP contribution in [0.15, 0.2) is 67.1 Å². The van der Waals surface area contributed by atoms with Crippen molar-refractivity contribution in [2.75, 3.05) is 6.54 Å². The minimum atomic E-state index is -0.253. The highest BCUT2D eigenvalue weighted by Gasteiger charge is 2.12. The molecule has 1 amide bonds. The van der Waals surface area contributed by atoms with Crippen LogP contribution < -0.4 is 5.32 Å². The third-order valence-corrected chi connectivity index (χ3v) is 4.87. The molecule has 2 aromatic carbocycles. The van der Waals surface area contributed by atoms with Gasteiger partial charge in [-0.25, -0.2) is 4.39 Å². The number of aryl methyl sites for hydroxylation is 1. The fraction of sp³-hybridized carbons (Fsp3) is 0.182. The molecule has 4 rings (SSSR count). The first kappa shape index (κ1) is 18.0. The third kappa shape index (κ3) is 3.67. The second-order valence-corrected chi connectivity index (χ2v) is 6.79. The molecule has 28 heavy (non-hydrogen) atoms. The number of amides is 1. The molecule has 0 bridgehead atoms. The fourth-order valence-electron chi connectivity index (χ4n) is 3.50. The van der Waals surface area contributed by atoms with Crippen molar-refractivity contribution in [2.45, 2.75) is 13.0 Å². The van der Waals surface area contributed by atoms with E-state index in [0.29, 0.717) is 25.1 Å². The first-order chi connectivity index (χ1) is 13.6. The lowest BCUT2D eigenvalue weighted by atomic mass is 10.1. The van der Waals surface area contributed by atoms with E-state index in [2.05, 4.69) is 10.4 Å². The van der Waals surface area contributed by atoms with Crippen LogP contribution in [-0.4, -0.2) is 26.8 Å². The molecule has 0 saturated heterocycles. The summed E-state index contributed by atoms with van der Waals surface area (Å²) in [5.41, 5.74) is 3.55. The second kappa shape index (κ2) is 7.68. The number of nitrogens with one attached hydrogen (secondary N) is 1. The predicted molar refractivity (Wildman–Crippen MR) is 107 cm³/mol. The molecule has 2 heterocycles. The molecule has 0 aliphatic carbocycles. The molecular weight excluding hydrogens is 355 g/mol. The Morgan fingerprint density at radius 3 is 2.82 bits per heavy atom. The van der Waals surface area contributed by atoms with Gasteiger partial charge >= 0.3 is 0 Å². The summed E-state index contributed by atoms with van der Waals surface area (Å²) in [5, 5.41) is 8.07. The highest BCUT2D eigenvalue weighted by atomic mass is 19.1. The van der Waals surface area contributed by atoms with E-state index in [1.807, 2.05) is 54.3 Å². The highest BCUT2D eigenvalue weighted by Crippen LogP contribution is 2.22. The monoisotopic (exact) mass is 376 g/mol. The van der Waals surface area contributed by atoms with Crippen molar-refractivity contribution < 1.29 is 9.18 Å². The van der Waals surface area contributed by atoms with E-state index in [4.69, 9.17) is 0 Å². The van der Waals surface area contributed by atoms with E-state index < -0.39 is 0 Å². The normalized spacial score (nSPS) is 11.1. The Morgan fingerprint density at radius 2 is 2.00 bits per heavy atom. The molecule has 5 nitrogen and oxygen atoms in total. The number of fused-ring (bicyclic) bond motifs is 1. The molecule has 1 N–H and O–H groups in total. The summed E-state index contributed by atoms with van der Waals surface area (Å²) in [6.45, 7) is 1.02. The molecule has 4 aromatic rings. The fourth-order valence-corrected chi connectivity index (χ4v) is 3.50. The molecule has 2 aromatic heterocycles. The van der Waals surface area contributed by atoms with Gasteiger partial charge in [-0.1, -0.05) is 18.2 Å². The van der Waals surface area contributed by atoms with E-state index in [-0.39, 0.29) is 11.7 Å². The second-order valence-electron chi connectivity index (χ2n) is 6.79. The number of carbonyl (C=O) groups is 1. The standard InChI is InChI=1S/C22H21FN4O/c1-26-14-17(20-13-18(23)7-8-21(20)26)9-11-24-22(28)19-6-3-2-5-16(19)15-27-12-4-10-25-27/h2-8,10,12-14H,9,11,15H2,1H3,(H,24,28). The maximum atomic E-state index is 13.6. The van der Waals surface area contributed by atoms with Crippen molar-refractivity contribution in [3.05, 3.63) is 89.6 Å². The first-order valence-electron chi connectivity index (χ1n) is 9.19. The summed E-state index contributed by atoms with van der Waals surface area (Å²) in [5.74, 6) is -0.370. The number of benzene rings is 2. The van der Waals surface area contributed by atoms with Gasteiger partial charge in [-0.15, -0.1) is 0 Å². The van der Waals surface area contributed by atoms with Gasteiger partial charge in [-0.3, -0.25) is 9.48 Å². The number of rotatable bonds is 6. The number of carbonyl (C=O) groups excluding carboxylic acids is 1. The van der Waals surface area contributed by atoms with Crippen LogP contribution >= 0.6 is 0 Å². The molecule has 0 unspecified atom stereocenters. The molecular formula is C22H21FN4O. The maximum absolute atomic E-state index is 13.6. The van der Waals surface area contributed by atoms with Crippen LogP contribution in [0.5, 0.6) is 0 Å². The lowest BCUT2D eigenvalue weighted by Gasteiger charge is -2.10. The predicted octanol–water partition coefficient (Wildman–Crippen LogP) is 3.53. The van der Waals surface area contributed by atoms with E-state index in [9.17, 15) is 9.18 Å². The zero-order valence-electron chi connectivity index (χ0n) is 15.6. The first-order valence-corrected chi connectivity index (χ1v) is 9.19. The average molecular weight is 376 g/mol. The van der Waals surface area contributed by atoms with Gasteiger partial charge in [0.15, 0.2) is 0 Å². The molecule has 0 spiro atoms. The van der Waals surface area contributed by atoms with Gasteiger partial charge in [0.1, 0.15) is 5.82 Å². The van der Waals surface area contributed by atoms with Gasteiger partial charge in [-0.2, -0.15) is 5.10 Å². The van der Waals surface area contributed by atoms with E-state index >= 15 is 0 Å². The smallest absolute Gasteiger partial charge is 0.251 e. The minimum Gasteiger partial charge on any atom is -0.352 e. The number of nitrogens with zero attached hydrogens (tertiary/aromatic N) is 3. The Bertz CT molecular complexity index is 1110. The Kier molecular flexibility index (Phi) is 4.93. The van der Waals surface area contributed by atoms with Crippen molar-refractivity contribution >= 4 is 16.8 Å². The van der Waals surface area contributed by atoms with Crippen molar-refractivity contribution in [3.63, 3.8) is 0 Å². The summed E-state index contributed by atoms with van der Waals surface area (Å²) in [6.07, 6.45) is 6.21. The van der Waals surface area contributed by atoms with Crippen molar-refractivity contribution in [3.8, 4) is 0 Å². The van der Waals surface area contributed by atoms with Crippen LogP contribution in [0.3, 0.4) is 0 Å². The van der Waals surface area contributed by atoms with Gasteiger partial charge < -0.3 is 9.88 Å². The SMILES string of the molecule is Cn1cc(CCNC(=O)c2ccccc2Cn2cccn2)c2cc(F)ccc21. The summed E-state index contributed by atoms with van der Waals surface area (Å²) >= 11 is 0. The van der Waals surface area contributed by atoms with Gasteiger partial charge in [-0.05, 0) is 47.9 Å². The van der Waals surface area contributed by atoms with Crippen molar-refractivity contribution in [2.24, 2.45) is 7.05 Å². The van der Waals surface area contributed by atoms with Gasteiger partial charge in [0, 0.05) is 48.6 Å². The Balaban J connectivity index is 1.45. The van der Waals surface area contributed by atoms with Gasteiger partial charge in [0.05, 0.1) is 6.54 Å². The average Bonchev–Trinajstić information content (AvgIpc) is 3.30. The summed E-state index contributed by atoms with van der Waals surface area (Å²) in [7, 11) is 1.94. The van der Waals surface area contributed by atoms with Crippen LogP contribution in [0.4, 0.5) is 4.39 Å². The zero-order chi connectivity index (χ0) is 19.5. The minimum absolute atomic E-state index is 0.117. The Morgan fingerprint density at radius 1 is 1.14 bits per heavy atom. The molecule has 0 radical (unpaired) electrons. The largest absolute Gasteiger partial charge is 0.352 e. The molecule has 6 heteroatoms. The molecule has 0 aliphatic rings. The maximum Gasteiger partial charge on any atom is 0.251 e. The van der Waals surface area contributed by atoms with Crippen LogP contribution in [0.1, 0.15) is 21.5 Å². The number of aromatic nitrogens is 3. The molecule has 0 aliphatic heterocycles. The van der Waals surface area contributed by atoms with Crippen molar-refractivity contribution in [1.82, 2.24) is 19.7 Å². The summed E-state index contributed by atoms with van der Waals surface area (Å²) < 4.78 is 17.4. The third-order valence-electron chi connectivity index (χ3n) is 4.87. The van der Waals surface area contributed by atoms with E-state index in [1.165, 1.54) is 6.07 Å².